The molecule has 0 amide bonds. The van der Waals surface area contributed by atoms with Crippen molar-refractivity contribution in [1.82, 2.24) is 5.32 Å². The third-order valence-electron chi connectivity index (χ3n) is 5.47. The number of carbonyl (C=O) groups excluding carboxylic acids is 2. The summed E-state index contributed by atoms with van der Waals surface area (Å²) in [5.74, 6) is -0.0462. The summed E-state index contributed by atoms with van der Waals surface area (Å²) in [5.41, 5.74) is 1.59. The van der Waals surface area contributed by atoms with E-state index in [0.29, 0.717) is 42.1 Å². The number of nitrogens with one attached hydrogen (secondary N) is 1. The van der Waals surface area contributed by atoms with Crippen molar-refractivity contribution in [2.75, 3.05) is 12.5 Å². The zero-order valence-electron chi connectivity index (χ0n) is 18.8. The summed E-state index contributed by atoms with van der Waals surface area (Å²) in [6.45, 7) is 3.54. The van der Waals surface area contributed by atoms with E-state index in [1.165, 1.54) is 6.92 Å². The Labute approximate surface area is 197 Å². The van der Waals surface area contributed by atoms with E-state index >= 15 is 0 Å². The Morgan fingerprint density at radius 3 is 2.48 bits per heavy atom. The minimum Gasteiger partial charge on any atom is -0.480 e. The van der Waals surface area contributed by atoms with Gasteiger partial charge in [-0.3, -0.25) is 19.7 Å². The number of aliphatic carboxylic acids is 1. The number of benzene rings is 2. The monoisotopic (exact) mass is 471 g/mol. The van der Waals surface area contributed by atoms with Crippen LogP contribution in [0.3, 0.4) is 0 Å². The fraction of sp³-hybridized carbons (Fsp3) is 0.400. The number of Topliss-reactive ketones (excluding diaryl/α,β-unsaturated/α-hetero) is 1. The zero-order valence-corrected chi connectivity index (χ0v) is 19.6. The first-order valence-electron chi connectivity index (χ1n) is 11.0. The maximum atomic E-state index is 13.8. The summed E-state index contributed by atoms with van der Waals surface area (Å²) in [6.07, 6.45) is 1.47. The second kappa shape index (κ2) is 11.9. The highest BCUT2D eigenvalue weighted by atomic mass is 32.2. The largest absolute Gasteiger partial charge is 0.480 e. The highest BCUT2D eigenvalue weighted by molar-refractivity contribution is 8.13. The molecule has 33 heavy (non-hydrogen) atoms. The minimum atomic E-state index is -0.990. The Bertz CT molecular complexity index is 980. The number of carboxylic acid groups (broad SMARTS) is 1. The summed E-state index contributed by atoms with van der Waals surface area (Å²) >= 11 is 1.10. The maximum Gasteiger partial charge on any atom is 0.320 e. The standard InChI is InChI=1S/C25H29NO6S/c1-3-7-20(25(29)30)26-23(18-8-5-4-6-9-18)24(28)19(14-33-16(2)27)12-17-10-11-21-22(13-17)32-15-31-21/h4-6,8-11,13,19-20,23,26H,3,7,12,14-15H2,1-2H3,(H,29,30)/t19-,20?,23?/m1/s1. The van der Waals surface area contributed by atoms with E-state index in [0.717, 1.165) is 17.3 Å². The smallest absolute Gasteiger partial charge is 0.320 e. The molecule has 0 saturated heterocycles. The second-order valence-corrected chi connectivity index (χ2v) is 9.18. The Morgan fingerprint density at radius 1 is 1.09 bits per heavy atom. The van der Waals surface area contributed by atoms with Gasteiger partial charge in [-0.15, -0.1) is 0 Å². The molecule has 7 nitrogen and oxygen atoms in total. The van der Waals surface area contributed by atoms with E-state index in [2.05, 4.69) is 5.32 Å². The molecule has 1 aliphatic rings. The summed E-state index contributed by atoms with van der Waals surface area (Å²) in [7, 11) is 0. The molecule has 2 aromatic rings. The van der Waals surface area contributed by atoms with Crippen LogP contribution in [-0.2, 0) is 20.8 Å². The lowest BCUT2D eigenvalue weighted by Crippen LogP contribution is -2.44. The van der Waals surface area contributed by atoms with Crippen LogP contribution in [0.2, 0.25) is 0 Å². The lowest BCUT2D eigenvalue weighted by atomic mass is 9.89. The average Bonchev–Trinajstić information content (AvgIpc) is 3.27. The van der Waals surface area contributed by atoms with Crippen LogP contribution in [0.5, 0.6) is 11.5 Å². The fourth-order valence-electron chi connectivity index (χ4n) is 3.80. The van der Waals surface area contributed by atoms with Crippen molar-refractivity contribution >= 4 is 28.6 Å². The summed E-state index contributed by atoms with van der Waals surface area (Å²) in [5, 5.41) is 12.7. The van der Waals surface area contributed by atoms with E-state index in [1.54, 1.807) is 0 Å². The Kier molecular flexibility index (Phi) is 8.91. The maximum absolute atomic E-state index is 13.8. The first kappa shape index (κ1) is 24.8. The fourth-order valence-corrected chi connectivity index (χ4v) is 4.52. The van der Waals surface area contributed by atoms with Gasteiger partial charge < -0.3 is 14.6 Å². The summed E-state index contributed by atoms with van der Waals surface area (Å²) < 4.78 is 10.8. The van der Waals surface area contributed by atoms with E-state index in [-0.39, 0.29) is 17.7 Å². The van der Waals surface area contributed by atoms with E-state index in [1.807, 2.05) is 55.5 Å². The van der Waals surface area contributed by atoms with E-state index < -0.39 is 24.0 Å². The van der Waals surface area contributed by atoms with Gasteiger partial charge in [-0.05, 0) is 36.1 Å². The van der Waals surface area contributed by atoms with Crippen LogP contribution in [0.25, 0.3) is 0 Å². The third-order valence-corrected chi connectivity index (χ3v) is 6.45. The molecule has 0 saturated carbocycles. The number of carbonyl (C=O) groups is 3. The molecule has 2 aromatic carbocycles. The number of ketones is 1. The van der Waals surface area contributed by atoms with Gasteiger partial charge in [0.2, 0.25) is 6.79 Å². The molecular formula is C25H29NO6S. The van der Waals surface area contributed by atoms with Crippen molar-refractivity contribution in [3.63, 3.8) is 0 Å². The zero-order chi connectivity index (χ0) is 23.8. The molecular weight excluding hydrogens is 442 g/mol. The van der Waals surface area contributed by atoms with Crippen molar-refractivity contribution in [1.29, 1.82) is 0 Å². The van der Waals surface area contributed by atoms with Crippen LogP contribution in [0.1, 0.15) is 43.9 Å². The van der Waals surface area contributed by atoms with Gasteiger partial charge in [-0.2, -0.15) is 0 Å². The van der Waals surface area contributed by atoms with Gasteiger partial charge >= 0.3 is 5.97 Å². The quantitative estimate of drug-likeness (QED) is 0.479. The van der Waals surface area contributed by atoms with Crippen molar-refractivity contribution in [3.8, 4) is 11.5 Å². The topological polar surface area (TPSA) is 102 Å². The van der Waals surface area contributed by atoms with Crippen LogP contribution in [-0.4, -0.2) is 40.6 Å². The molecule has 2 unspecified atom stereocenters. The molecule has 0 aliphatic carbocycles. The molecule has 3 rings (SSSR count). The lowest BCUT2D eigenvalue weighted by Gasteiger charge is -2.26. The van der Waals surface area contributed by atoms with Crippen LogP contribution in [0.15, 0.2) is 48.5 Å². The highest BCUT2D eigenvalue weighted by Crippen LogP contribution is 2.34. The van der Waals surface area contributed by atoms with Crippen LogP contribution >= 0.6 is 11.8 Å². The number of fused-ring (bicyclic) bond motifs is 1. The van der Waals surface area contributed by atoms with Gasteiger partial charge in [0, 0.05) is 18.6 Å². The van der Waals surface area contributed by atoms with Gasteiger partial charge in [-0.25, -0.2) is 0 Å². The third kappa shape index (κ3) is 6.82. The molecule has 0 bridgehead atoms. The molecule has 0 fully saturated rings. The molecule has 1 heterocycles. The average molecular weight is 472 g/mol. The van der Waals surface area contributed by atoms with Crippen LogP contribution in [0, 0.1) is 5.92 Å². The molecule has 0 radical (unpaired) electrons. The second-order valence-electron chi connectivity index (χ2n) is 7.98. The van der Waals surface area contributed by atoms with Crippen molar-refractivity contribution < 1.29 is 29.0 Å². The molecule has 8 heteroatoms. The Balaban J connectivity index is 1.89. The van der Waals surface area contributed by atoms with Crippen molar-refractivity contribution in [2.45, 2.75) is 45.2 Å². The van der Waals surface area contributed by atoms with Crippen molar-refractivity contribution in [2.24, 2.45) is 5.92 Å². The number of carboxylic acids is 1. The normalized spacial score (nSPS) is 15.0. The SMILES string of the molecule is CCCC(NC(C(=O)[C@@H](CSC(C)=O)Cc1ccc2c(c1)OCO2)c1ccccc1)C(=O)O. The number of hydrogen-bond donors (Lipinski definition) is 2. The Hall–Kier alpha value is -2.84. The van der Waals surface area contributed by atoms with Gasteiger partial charge in [0.1, 0.15) is 6.04 Å². The number of ether oxygens (including phenoxy) is 2. The van der Waals surface area contributed by atoms with Crippen LogP contribution in [0.4, 0.5) is 0 Å². The summed E-state index contributed by atoms with van der Waals surface area (Å²) in [4.78, 5) is 37.3. The number of hydrogen-bond acceptors (Lipinski definition) is 7. The van der Waals surface area contributed by atoms with Gasteiger partial charge in [-0.1, -0.05) is 61.5 Å². The molecule has 0 spiro atoms. The molecule has 3 atom stereocenters. The molecule has 1 aliphatic heterocycles. The van der Waals surface area contributed by atoms with Gasteiger partial charge in [0.25, 0.3) is 0 Å². The van der Waals surface area contributed by atoms with Gasteiger partial charge in [0.05, 0.1) is 6.04 Å². The predicted molar refractivity (Wildman–Crippen MR) is 127 cm³/mol. The van der Waals surface area contributed by atoms with Gasteiger partial charge in [0.15, 0.2) is 22.4 Å². The van der Waals surface area contributed by atoms with Crippen LogP contribution < -0.4 is 14.8 Å². The molecule has 0 aromatic heterocycles. The minimum absolute atomic E-state index is 0.0721. The van der Waals surface area contributed by atoms with Crippen molar-refractivity contribution in [3.05, 3.63) is 59.7 Å². The van der Waals surface area contributed by atoms with E-state index in [4.69, 9.17) is 9.47 Å². The number of thioether (sulfide) groups is 1. The molecule has 176 valence electrons. The first-order chi connectivity index (χ1) is 15.9. The lowest BCUT2D eigenvalue weighted by molar-refractivity contribution is -0.140. The van der Waals surface area contributed by atoms with E-state index in [9.17, 15) is 19.5 Å². The predicted octanol–water partition coefficient (Wildman–Crippen LogP) is 4.01. The molecule has 2 N–H and O–H groups in total. The summed E-state index contributed by atoms with van der Waals surface area (Å²) in [6, 6.07) is 13.0. The first-order valence-corrected chi connectivity index (χ1v) is 12.0. The highest BCUT2D eigenvalue weighted by Gasteiger charge is 2.32. The number of rotatable bonds is 12. The Morgan fingerprint density at radius 2 is 1.82 bits per heavy atom.